The number of para-hydroxylation sites is 1. The van der Waals surface area contributed by atoms with Gasteiger partial charge in [-0.25, -0.2) is 9.78 Å². The summed E-state index contributed by atoms with van der Waals surface area (Å²) in [5.74, 6) is 1.14. The molecule has 6 nitrogen and oxygen atoms in total. The summed E-state index contributed by atoms with van der Waals surface area (Å²) in [6.45, 7) is 0. The van der Waals surface area contributed by atoms with E-state index < -0.39 is 12.1 Å². The maximum Gasteiger partial charge on any atom is 0.405 e. The number of thiocarbonyl (C=S) groups is 1. The predicted octanol–water partition coefficient (Wildman–Crippen LogP) is 2.81. The maximum absolute atomic E-state index is 10.8. The van der Waals surface area contributed by atoms with Crippen molar-refractivity contribution in [3.8, 4) is 11.6 Å². The fraction of sp³-hybridized carbons (Fsp3) is 0.133. The Bertz CT molecular complexity index is 721. The van der Waals surface area contributed by atoms with Crippen LogP contribution in [0.3, 0.4) is 0 Å². The van der Waals surface area contributed by atoms with Gasteiger partial charge in [0.25, 0.3) is 0 Å². The molecule has 0 fully saturated rings. The highest BCUT2D eigenvalue weighted by atomic mass is 32.1. The molecule has 3 N–H and O–H groups in total. The number of fused-ring (bicyclic) bond motifs is 1. The zero-order valence-corrected chi connectivity index (χ0v) is 12.3. The smallest absolute Gasteiger partial charge is 0.405 e. The Kier molecular flexibility index (Phi) is 3.88. The van der Waals surface area contributed by atoms with Crippen LogP contribution in [0.2, 0.25) is 0 Å². The van der Waals surface area contributed by atoms with Gasteiger partial charge in [-0.3, -0.25) is 0 Å². The van der Waals surface area contributed by atoms with Crippen molar-refractivity contribution >= 4 is 29.0 Å². The SMILES string of the molecule is O=C(O)N[C@H]1Cc2cc(Oc3ccccc3)ncc2NC1=S. The summed E-state index contributed by atoms with van der Waals surface area (Å²) in [7, 11) is 0. The van der Waals surface area contributed by atoms with Gasteiger partial charge < -0.3 is 20.5 Å². The molecule has 0 saturated carbocycles. The number of benzene rings is 1. The summed E-state index contributed by atoms with van der Waals surface area (Å²) in [6, 6.07) is 10.7. The van der Waals surface area contributed by atoms with Crippen LogP contribution in [0.4, 0.5) is 10.5 Å². The first-order chi connectivity index (χ1) is 10.6. The number of nitrogens with zero attached hydrogens (tertiary/aromatic N) is 1. The molecule has 3 rings (SSSR count). The van der Waals surface area contributed by atoms with Gasteiger partial charge >= 0.3 is 6.09 Å². The quantitative estimate of drug-likeness (QED) is 0.755. The minimum Gasteiger partial charge on any atom is -0.465 e. The lowest BCUT2D eigenvalue weighted by atomic mass is 10.0. The fourth-order valence-corrected chi connectivity index (χ4v) is 2.47. The second-order valence-electron chi connectivity index (χ2n) is 4.79. The van der Waals surface area contributed by atoms with E-state index in [1.54, 1.807) is 12.3 Å². The molecule has 112 valence electrons. The fourth-order valence-electron chi connectivity index (χ4n) is 2.22. The summed E-state index contributed by atoms with van der Waals surface area (Å²) in [6.07, 6.45) is 0.991. The topological polar surface area (TPSA) is 83.5 Å². The summed E-state index contributed by atoms with van der Waals surface area (Å²) in [4.78, 5) is 15.5. The van der Waals surface area contributed by atoms with E-state index in [1.165, 1.54) is 0 Å². The Morgan fingerprint density at radius 3 is 2.91 bits per heavy atom. The minimum atomic E-state index is -1.10. The maximum atomic E-state index is 10.8. The van der Waals surface area contributed by atoms with Gasteiger partial charge in [0.05, 0.1) is 17.9 Å². The first-order valence-corrected chi connectivity index (χ1v) is 7.05. The van der Waals surface area contributed by atoms with E-state index in [2.05, 4.69) is 15.6 Å². The molecule has 1 aliphatic heterocycles. The molecular formula is C15H13N3O3S. The van der Waals surface area contributed by atoms with Crippen LogP contribution in [0.15, 0.2) is 42.6 Å². The molecular weight excluding hydrogens is 302 g/mol. The van der Waals surface area contributed by atoms with Crippen LogP contribution >= 0.6 is 12.2 Å². The van der Waals surface area contributed by atoms with Crippen LogP contribution < -0.4 is 15.4 Å². The van der Waals surface area contributed by atoms with E-state index >= 15 is 0 Å². The second kappa shape index (κ2) is 5.98. The van der Waals surface area contributed by atoms with Crippen LogP contribution in [0, 0.1) is 0 Å². The molecule has 0 radical (unpaired) electrons. The monoisotopic (exact) mass is 315 g/mol. The molecule has 1 amide bonds. The molecule has 0 unspecified atom stereocenters. The number of ether oxygens (including phenoxy) is 1. The highest BCUT2D eigenvalue weighted by Gasteiger charge is 2.25. The molecule has 22 heavy (non-hydrogen) atoms. The minimum absolute atomic E-state index is 0.438. The van der Waals surface area contributed by atoms with Crippen LogP contribution in [-0.2, 0) is 6.42 Å². The highest BCUT2D eigenvalue weighted by Crippen LogP contribution is 2.27. The van der Waals surface area contributed by atoms with E-state index in [1.807, 2.05) is 30.3 Å². The first-order valence-electron chi connectivity index (χ1n) is 6.64. The number of hydrogen-bond acceptors (Lipinski definition) is 4. The predicted molar refractivity (Wildman–Crippen MR) is 85.6 cm³/mol. The van der Waals surface area contributed by atoms with E-state index in [9.17, 15) is 4.79 Å². The number of carbonyl (C=O) groups is 1. The summed E-state index contributed by atoms with van der Waals surface area (Å²) < 4.78 is 5.68. The second-order valence-corrected chi connectivity index (χ2v) is 5.23. The number of rotatable bonds is 3. The lowest BCUT2D eigenvalue weighted by Gasteiger charge is -2.26. The lowest BCUT2D eigenvalue weighted by Crippen LogP contribution is -2.46. The van der Waals surface area contributed by atoms with Crippen molar-refractivity contribution in [3.63, 3.8) is 0 Å². The lowest BCUT2D eigenvalue weighted by molar-refractivity contribution is 0.192. The van der Waals surface area contributed by atoms with Gasteiger partial charge in [0, 0.05) is 12.5 Å². The van der Waals surface area contributed by atoms with Crippen molar-refractivity contribution in [1.82, 2.24) is 10.3 Å². The average molecular weight is 315 g/mol. The Morgan fingerprint density at radius 1 is 1.41 bits per heavy atom. The van der Waals surface area contributed by atoms with Crippen molar-refractivity contribution in [2.45, 2.75) is 12.5 Å². The van der Waals surface area contributed by atoms with Crippen LogP contribution in [0.5, 0.6) is 11.6 Å². The van der Waals surface area contributed by atoms with Crippen molar-refractivity contribution in [1.29, 1.82) is 0 Å². The van der Waals surface area contributed by atoms with Crippen LogP contribution in [-0.4, -0.2) is 27.2 Å². The van der Waals surface area contributed by atoms with Crippen molar-refractivity contribution in [2.75, 3.05) is 5.32 Å². The molecule has 0 spiro atoms. The van der Waals surface area contributed by atoms with E-state index in [0.717, 1.165) is 11.3 Å². The van der Waals surface area contributed by atoms with Crippen molar-refractivity contribution in [2.24, 2.45) is 0 Å². The van der Waals surface area contributed by atoms with Gasteiger partial charge in [0.2, 0.25) is 5.88 Å². The van der Waals surface area contributed by atoms with Crippen molar-refractivity contribution in [3.05, 3.63) is 48.2 Å². The molecule has 1 aromatic heterocycles. The molecule has 0 aliphatic carbocycles. The molecule has 1 atom stereocenters. The zero-order chi connectivity index (χ0) is 15.5. The Labute approximate surface area is 132 Å². The average Bonchev–Trinajstić information content (AvgIpc) is 2.49. The molecule has 1 aliphatic rings. The number of pyridine rings is 1. The standard InChI is InChI=1S/C15H13N3O3S/c19-15(20)18-11-6-9-7-13(16-8-12(9)17-14(11)22)21-10-4-2-1-3-5-10/h1-5,7-8,11,18H,6H2,(H,17,22)(H,19,20)/t11-/m0/s1. The third-order valence-corrected chi connectivity index (χ3v) is 3.61. The van der Waals surface area contributed by atoms with E-state index in [0.29, 0.717) is 23.0 Å². The Morgan fingerprint density at radius 2 is 2.18 bits per heavy atom. The third-order valence-electron chi connectivity index (χ3n) is 3.23. The highest BCUT2D eigenvalue weighted by molar-refractivity contribution is 7.80. The molecule has 0 bridgehead atoms. The molecule has 2 heterocycles. The number of aromatic nitrogens is 1. The van der Waals surface area contributed by atoms with Gasteiger partial charge in [-0.1, -0.05) is 30.4 Å². The van der Waals surface area contributed by atoms with Gasteiger partial charge in [-0.15, -0.1) is 0 Å². The first kappa shape index (κ1) is 14.3. The molecule has 1 aromatic carbocycles. The number of anilines is 1. The normalized spacial score (nSPS) is 16.4. The van der Waals surface area contributed by atoms with Crippen LogP contribution in [0.1, 0.15) is 5.56 Å². The summed E-state index contributed by atoms with van der Waals surface area (Å²) >= 11 is 5.16. The molecule has 2 aromatic rings. The number of amides is 1. The molecule has 7 heteroatoms. The van der Waals surface area contributed by atoms with Gasteiger partial charge in [0.15, 0.2) is 0 Å². The number of carboxylic acid groups (broad SMARTS) is 1. The van der Waals surface area contributed by atoms with Crippen LogP contribution in [0.25, 0.3) is 0 Å². The van der Waals surface area contributed by atoms with Crippen molar-refractivity contribution < 1.29 is 14.6 Å². The largest absolute Gasteiger partial charge is 0.465 e. The Hall–Kier alpha value is -2.67. The number of hydrogen-bond donors (Lipinski definition) is 3. The van der Waals surface area contributed by atoms with Gasteiger partial charge in [-0.05, 0) is 17.7 Å². The van der Waals surface area contributed by atoms with E-state index in [4.69, 9.17) is 22.1 Å². The van der Waals surface area contributed by atoms with E-state index in [-0.39, 0.29) is 0 Å². The molecule has 0 saturated heterocycles. The summed E-state index contributed by atoms with van der Waals surface area (Å²) in [5.41, 5.74) is 1.67. The Balaban J connectivity index is 1.81. The third kappa shape index (κ3) is 3.15. The van der Waals surface area contributed by atoms with Gasteiger partial charge in [0.1, 0.15) is 10.7 Å². The number of nitrogens with one attached hydrogen (secondary N) is 2. The van der Waals surface area contributed by atoms with Gasteiger partial charge in [-0.2, -0.15) is 0 Å². The zero-order valence-electron chi connectivity index (χ0n) is 11.4. The summed E-state index contributed by atoms with van der Waals surface area (Å²) in [5, 5.41) is 14.2.